The third-order valence-electron chi connectivity index (χ3n) is 18.8. The van der Waals surface area contributed by atoms with Crippen molar-refractivity contribution in [3.63, 3.8) is 0 Å². The van der Waals surface area contributed by atoms with Crippen molar-refractivity contribution in [2.24, 2.45) is 11.8 Å². The van der Waals surface area contributed by atoms with Gasteiger partial charge in [0.05, 0.1) is 72.7 Å². The summed E-state index contributed by atoms with van der Waals surface area (Å²) >= 11 is 0. The monoisotopic (exact) mass is 1370 g/mol. The number of hydrogen-bond acceptors (Lipinski definition) is 14. The summed E-state index contributed by atoms with van der Waals surface area (Å²) in [4.78, 5) is 76.8. The molecule has 1 aliphatic rings. The summed E-state index contributed by atoms with van der Waals surface area (Å²) < 4.78 is 45.8. The fraction of sp³-hybridized carbons (Fsp3) is 0.512. The van der Waals surface area contributed by atoms with E-state index < -0.39 is 11.9 Å². The van der Waals surface area contributed by atoms with Crippen LogP contribution < -0.4 is 18.9 Å². The molecule has 0 heterocycles. The van der Waals surface area contributed by atoms with Crippen LogP contribution in [0.25, 0.3) is 22.3 Å². The fourth-order valence-electron chi connectivity index (χ4n) is 12.5. The van der Waals surface area contributed by atoms with Gasteiger partial charge in [0.25, 0.3) is 0 Å². The molecule has 6 aromatic rings. The largest absolute Gasteiger partial charge is 0.494 e. The number of hydrogen-bond donors (Lipinski definition) is 0. The minimum absolute atomic E-state index is 0.112. The molecule has 14 nitrogen and oxygen atoms in total. The molecule has 0 aliphatic heterocycles. The Morgan fingerprint density at radius 1 is 0.300 bits per heavy atom. The average Bonchev–Trinajstić information content (AvgIpc) is 0.876. The Hall–Kier alpha value is -8.26. The van der Waals surface area contributed by atoms with Crippen LogP contribution in [-0.4, -0.2) is 74.5 Å². The number of unbranched alkanes of at least 4 members (excludes halogenated alkanes) is 22. The van der Waals surface area contributed by atoms with Gasteiger partial charge in [-0.05, 0) is 210 Å². The van der Waals surface area contributed by atoms with Gasteiger partial charge >= 0.3 is 35.8 Å². The van der Waals surface area contributed by atoms with Crippen LogP contribution in [0.4, 0.5) is 0 Å². The van der Waals surface area contributed by atoms with Crippen molar-refractivity contribution in [3.05, 3.63) is 168 Å². The van der Waals surface area contributed by atoms with E-state index in [-0.39, 0.29) is 47.9 Å². The number of benzene rings is 6. The van der Waals surface area contributed by atoms with Crippen molar-refractivity contribution >= 4 is 35.8 Å². The van der Waals surface area contributed by atoms with E-state index in [0.29, 0.717) is 85.9 Å². The summed E-state index contributed by atoms with van der Waals surface area (Å²) in [6.45, 7) is 10.4. The van der Waals surface area contributed by atoms with Crippen LogP contribution in [-0.2, 0) is 28.5 Å². The van der Waals surface area contributed by atoms with Gasteiger partial charge in [-0.1, -0.05) is 191 Å². The molecule has 0 bridgehead atoms. The van der Waals surface area contributed by atoms with Crippen LogP contribution in [0.1, 0.15) is 275 Å². The highest BCUT2D eigenvalue weighted by Crippen LogP contribution is 2.32. The SMILES string of the molecule is CCCCCC[C@H](C)OC(=O)c1ccc(-c2ccc(OC(=O)c3ccc(OCCCCCCCCCCCOC(=O)C4CCC(C(=O)OCCCCCCCCCCCOc5ccc(C(=O)Oc6ccc(-c7ccc(C(=O)O[C@@H](C)CCCCCC)cc7)cc6)cc5)CC4)cc3)cc2)cc1. The highest BCUT2D eigenvalue weighted by molar-refractivity contribution is 5.93. The van der Waals surface area contributed by atoms with Crippen LogP contribution in [0.3, 0.4) is 0 Å². The Labute approximate surface area is 596 Å². The standard InChI is InChI=1S/C86H112O14/c1-5-7-9-25-31-65(3)97-83(89)73-37-33-67(34-38-73)69-45-57-79(58-46-69)99-85(91)75-49-53-77(54-50-75)93-61-27-21-17-13-11-15-19-23-29-63-95-81(87)71-41-43-72(44-42-71)82(88)96-64-30-24-20-16-12-14-18-22-28-62-94-78-55-51-76(52-56-78)86(92)100-80-59-47-70(48-60-80)68-35-39-74(40-36-68)84(90)98-66(4)32-26-10-8-6-2/h33-40,45-60,65-66,71-72H,5-32,41-44,61-64H2,1-4H3/t65-,66-,71?,72?/m0/s1. The van der Waals surface area contributed by atoms with Gasteiger partial charge in [-0.25, -0.2) is 19.2 Å². The number of carbonyl (C=O) groups is 6. The lowest BCUT2D eigenvalue weighted by atomic mass is 9.82. The number of carbonyl (C=O) groups excluding carboxylic acids is 6. The van der Waals surface area contributed by atoms with Crippen LogP contribution in [0.2, 0.25) is 0 Å². The Morgan fingerprint density at radius 2 is 0.550 bits per heavy atom. The van der Waals surface area contributed by atoms with E-state index in [9.17, 15) is 28.8 Å². The zero-order valence-electron chi connectivity index (χ0n) is 60.3. The fourth-order valence-corrected chi connectivity index (χ4v) is 12.5. The summed E-state index contributed by atoms with van der Waals surface area (Å²) in [5.41, 5.74) is 5.68. The molecule has 0 unspecified atom stereocenters. The zero-order chi connectivity index (χ0) is 70.8. The molecule has 6 aromatic carbocycles. The maximum Gasteiger partial charge on any atom is 0.343 e. The second-order valence-electron chi connectivity index (χ2n) is 27.1. The van der Waals surface area contributed by atoms with Crippen molar-refractivity contribution in [2.45, 2.75) is 245 Å². The van der Waals surface area contributed by atoms with E-state index >= 15 is 0 Å². The molecule has 0 saturated heterocycles. The average molecular weight is 1370 g/mol. The maximum atomic E-state index is 12.9. The Bertz CT molecular complexity index is 3070. The van der Waals surface area contributed by atoms with E-state index in [1.54, 1.807) is 97.1 Å². The molecule has 0 amide bonds. The summed E-state index contributed by atoms with van der Waals surface area (Å²) in [5, 5.41) is 0. The highest BCUT2D eigenvalue weighted by atomic mass is 16.6. The molecule has 14 heteroatoms. The van der Waals surface area contributed by atoms with Gasteiger partial charge in [0.15, 0.2) is 0 Å². The van der Waals surface area contributed by atoms with Crippen molar-refractivity contribution in [1.82, 2.24) is 0 Å². The van der Waals surface area contributed by atoms with Gasteiger partial charge in [-0.15, -0.1) is 0 Å². The molecular formula is C86H112O14. The number of esters is 6. The lowest BCUT2D eigenvalue weighted by Crippen LogP contribution is -2.28. The third kappa shape index (κ3) is 29.9. The van der Waals surface area contributed by atoms with Crippen molar-refractivity contribution in [2.75, 3.05) is 26.4 Å². The third-order valence-corrected chi connectivity index (χ3v) is 18.8. The molecular weight excluding hydrogens is 1260 g/mol. The Kier molecular flexibility index (Phi) is 36.5. The van der Waals surface area contributed by atoms with Crippen molar-refractivity contribution in [3.8, 4) is 45.3 Å². The second-order valence-corrected chi connectivity index (χ2v) is 27.1. The van der Waals surface area contributed by atoms with Crippen molar-refractivity contribution in [1.29, 1.82) is 0 Å². The van der Waals surface area contributed by atoms with Crippen molar-refractivity contribution < 1.29 is 66.7 Å². The molecule has 0 spiro atoms. The predicted octanol–water partition coefficient (Wildman–Crippen LogP) is 21.9. The first-order valence-corrected chi connectivity index (χ1v) is 37.9. The minimum atomic E-state index is -0.445. The first-order chi connectivity index (χ1) is 48.8. The molecule has 2 atom stereocenters. The van der Waals surface area contributed by atoms with Crippen LogP contribution >= 0.6 is 0 Å². The lowest BCUT2D eigenvalue weighted by molar-refractivity contribution is -0.155. The van der Waals surface area contributed by atoms with Gasteiger partial charge in [0, 0.05) is 0 Å². The minimum Gasteiger partial charge on any atom is -0.494 e. The van der Waals surface area contributed by atoms with Gasteiger partial charge in [0.2, 0.25) is 0 Å². The smallest absolute Gasteiger partial charge is 0.343 e. The normalized spacial score (nSPS) is 14.1. The van der Waals surface area contributed by atoms with Gasteiger partial charge in [-0.3, -0.25) is 9.59 Å². The molecule has 1 aliphatic carbocycles. The first-order valence-electron chi connectivity index (χ1n) is 37.9. The molecule has 1 saturated carbocycles. The van der Waals surface area contributed by atoms with Gasteiger partial charge in [-0.2, -0.15) is 0 Å². The number of ether oxygens (including phenoxy) is 8. The van der Waals surface area contributed by atoms with Crippen LogP contribution in [0.15, 0.2) is 146 Å². The molecule has 540 valence electrons. The molecule has 100 heavy (non-hydrogen) atoms. The van der Waals surface area contributed by atoms with Gasteiger partial charge < -0.3 is 37.9 Å². The summed E-state index contributed by atoms with van der Waals surface area (Å²) in [6, 6.07) is 43.4. The number of rotatable bonds is 48. The van der Waals surface area contributed by atoms with Crippen LogP contribution in [0.5, 0.6) is 23.0 Å². The van der Waals surface area contributed by atoms with E-state index in [1.165, 1.54) is 64.2 Å². The lowest BCUT2D eigenvalue weighted by Gasteiger charge is -2.26. The van der Waals surface area contributed by atoms with Crippen LogP contribution in [0, 0.1) is 11.8 Å². The molecule has 1 fully saturated rings. The molecule has 0 radical (unpaired) electrons. The quantitative estimate of drug-likeness (QED) is 0.0153. The molecule has 0 aromatic heterocycles. The maximum absolute atomic E-state index is 12.9. The molecule has 7 rings (SSSR count). The zero-order valence-corrected chi connectivity index (χ0v) is 60.3. The van der Waals surface area contributed by atoms with E-state index in [0.717, 1.165) is 149 Å². The summed E-state index contributed by atoms with van der Waals surface area (Å²) in [5.74, 6) is 0.307. The van der Waals surface area contributed by atoms with E-state index in [2.05, 4.69) is 13.8 Å². The summed E-state index contributed by atoms with van der Waals surface area (Å²) in [6.07, 6.45) is 33.0. The first kappa shape index (κ1) is 79.1. The molecule has 0 N–H and O–H groups in total. The van der Waals surface area contributed by atoms with E-state index in [1.807, 2.05) is 62.4 Å². The Morgan fingerprint density at radius 3 is 0.860 bits per heavy atom. The van der Waals surface area contributed by atoms with E-state index in [4.69, 9.17) is 37.9 Å². The Balaban J connectivity index is 0.603. The summed E-state index contributed by atoms with van der Waals surface area (Å²) in [7, 11) is 0. The highest BCUT2D eigenvalue weighted by Gasteiger charge is 2.32. The second kappa shape index (κ2) is 46.2. The van der Waals surface area contributed by atoms with Gasteiger partial charge in [0.1, 0.15) is 23.0 Å². The topological polar surface area (TPSA) is 176 Å². The predicted molar refractivity (Wildman–Crippen MR) is 395 cm³/mol.